The number of pyridine rings is 1. The van der Waals surface area contributed by atoms with Gasteiger partial charge in [-0.2, -0.15) is 0 Å². The highest BCUT2D eigenvalue weighted by atomic mass is 16.5. The summed E-state index contributed by atoms with van der Waals surface area (Å²) in [5.74, 6) is 1.54. The third kappa shape index (κ3) is 4.86. The molecule has 1 aromatic heterocycles. The highest BCUT2D eigenvalue weighted by Crippen LogP contribution is 2.17. The number of carbonyl (C=O) groups is 1. The monoisotopic (exact) mass is 357 g/mol. The van der Waals surface area contributed by atoms with Crippen molar-refractivity contribution in [2.45, 2.75) is 0 Å². The highest BCUT2D eigenvalue weighted by Gasteiger charge is 2.19. The lowest BCUT2D eigenvalue weighted by Crippen LogP contribution is -2.41. The van der Waals surface area contributed by atoms with E-state index in [0.29, 0.717) is 45.1 Å². The number of hydrogen-bond donors (Lipinski definition) is 1. The Morgan fingerprint density at radius 2 is 1.88 bits per heavy atom. The second-order valence-electron chi connectivity index (χ2n) is 5.79. The maximum atomic E-state index is 12.3. The Balaban J connectivity index is 1.43. The third-order valence-corrected chi connectivity index (χ3v) is 4.04. The van der Waals surface area contributed by atoms with Crippen LogP contribution >= 0.6 is 0 Å². The number of morpholine rings is 1. The Labute approximate surface area is 152 Å². The molecule has 1 aliphatic heterocycles. The first-order chi connectivity index (χ1) is 12.8. The molecule has 1 saturated heterocycles. The summed E-state index contributed by atoms with van der Waals surface area (Å²) < 4.78 is 16.0. The maximum absolute atomic E-state index is 12.3. The molecule has 1 N–H and O–H groups in total. The molecule has 1 fully saturated rings. The third-order valence-electron chi connectivity index (χ3n) is 4.04. The van der Waals surface area contributed by atoms with Gasteiger partial charge in [0.1, 0.15) is 23.8 Å². The number of rotatable bonds is 7. The maximum Gasteiger partial charge on any atom is 0.272 e. The predicted molar refractivity (Wildman–Crippen MR) is 97.9 cm³/mol. The van der Waals surface area contributed by atoms with Crippen molar-refractivity contribution in [3.63, 3.8) is 0 Å². The number of anilines is 1. The van der Waals surface area contributed by atoms with Gasteiger partial charge in [0.25, 0.3) is 5.91 Å². The molecule has 0 radical (unpaired) electrons. The molecule has 7 nitrogen and oxygen atoms in total. The first-order valence-electron chi connectivity index (χ1n) is 8.60. The van der Waals surface area contributed by atoms with Crippen LogP contribution in [0.15, 0.2) is 42.6 Å². The normalized spacial score (nSPS) is 14.0. The Bertz CT molecular complexity index is 698. The van der Waals surface area contributed by atoms with Gasteiger partial charge >= 0.3 is 0 Å². The van der Waals surface area contributed by atoms with E-state index in [-0.39, 0.29) is 5.91 Å². The van der Waals surface area contributed by atoms with Crippen molar-refractivity contribution in [1.82, 2.24) is 9.88 Å². The largest absolute Gasteiger partial charge is 0.497 e. The van der Waals surface area contributed by atoms with Gasteiger partial charge in [0.15, 0.2) is 0 Å². The quantitative estimate of drug-likeness (QED) is 0.765. The van der Waals surface area contributed by atoms with E-state index in [2.05, 4.69) is 10.3 Å². The first kappa shape index (κ1) is 18.0. The molecule has 1 aliphatic rings. The van der Waals surface area contributed by atoms with Gasteiger partial charge in [-0.1, -0.05) is 0 Å². The van der Waals surface area contributed by atoms with Gasteiger partial charge in [0.2, 0.25) is 0 Å². The average molecular weight is 357 g/mol. The molecule has 0 saturated carbocycles. The zero-order valence-electron chi connectivity index (χ0n) is 14.8. The van der Waals surface area contributed by atoms with E-state index in [0.717, 1.165) is 17.2 Å². The molecule has 1 aromatic carbocycles. The van der Waals surface area contributed by atoms with Crippen molar-refractivity contribution in [1.29, 1.82) is 0 Å². The Morgan fingerprint density at radius 1 is 1.15 bits per heavy atom. The minimum Gasteiger partial charge on any atom is -0.497 e. The predicted octanol–water partition coefficient (Wildman–Crippen LogP) is 2.05. The molecule has 0 spiro atoms. The smallest absolute Gasteiger partial charge is 0.272 e. The van der Waals surface area contributed by atoms with Gasteiger partial charge in [-0.3, -0.25) is 4.79 Å². The van der Waals surface area contributed by atoms with Crippen LogP contribution in [-0.4, -0.2) is 62.4 Å². The first-order valence-corrected chi connectivity index (χ1v) is 8.60. The van der Waals surface area contributed by atoms with Crippen molar-refractivity contribution in [3.05, 3.63) is 48.3 Å². The number of ether oxygens (including phenoxy) is 3. The molecular weight excluding hydrogens is 334 g/mol. The molecule has 0 aliphatic carbocycles. The molecule has 138 valence electrons. The standard InChI is InChI=1S/C19H23N3O4/c1-24-16-3-5-17(6-4-16)26-11-8-20-15-2-7-18(21-14-15)19(23)22-9-12-25-13-10-22/h2-7,14,20H,8-13H2,1H3. The van der Waals surface area contributed by atoms with E-state index in [1.807, 2.05) is 30.3 Å². The molecule has 7 heteroatoms. The Hall–Kier alpha value is -2.80. The number of amides is 1. The van der Waals surface area contributed by atoms with Crippen LogP contribution in [0.4, 0.5) is 5.69 Å². The van der Waals surface area contributed by atoms with Gasteiger partial charge in [0.05, 0.1) is 32.2 Å². The van der Waals surface area contributed by atoms with Crippen LogP contribution in [0, 0.1) is 0 Å². The molecule has 2 aromatic rings. The fraction of sp³-hybridized carbons (Fsp3) is 0.368. The molecule has 2 heterocycles. The van der Waals surface area contributed by atoms with Crippen LogP contribution in [0.2, 0.25) is 0 Å². The number of nitrogens with one attached hydrogen (secondary N) is 1. The van der Waals surface area contributed by atoms with Gasteiger partial charge in [-0.05, 0) is 36.4 Å². The van der Waals surface area contributed by atoms with Gasteiger partial charge in [-0.25, -0.2) is 4.98 Å². The molecule has 0 atom stereocenters. The fourth-order valence-electron chi connectivity index (χ4n) is 2.59. The van der Waals surface area contributed by atoms with E-state index < -0.39 is 0 Å². The van der Waals surface area contributed by atoms with Crippen molar-refractivity contribution >= 4 is 11.6 Å². The lowest BCUT2D eigenvalue weighted by atomic mass is 10.3. The van der Waals surface area contributed by atoms with Crippen LogP contribution < -0.4 is 14.8 Å². The SMILES string of the molecule is COc1ccc(OCCNc2ccc(C(=O)N3CCOCC3)nc2)cc1. The van der Waals surface area contributed by atoms with E-state index in [1.165, 1.54) is 0 Å². The van der Waals surface area contributed by atoms with Gasteiger partial charge < -0.3 is 24.4 Å². The summed E-state index contributed by atoms with van der Waals surface area (Å²) in [5.41, 5.74) is 1.30. The highest BCUT2D eigenvalue weighted by molar-refractivity contribution is 5.92. The zero-order chi connectivity index (χ0) is 18.2. The van der Waals surface area contributed by atoms with Crippen molar-refractivity contribution in [3.8, 4) is 11.5 Å². The molecule has 3 rings (SSSR count). The second-order valence-corrected chi connectivity index (χ2v) is 5.79. The summed E-state index contributed by atoms with van der Waals surface area (Å²) in [6.45, 7) is 3.54. The molecule has 1 amide bonds. The molecule has 0 unspecified atom stereocenters. The van der Waals surface area contributed by atoms with E-state index >= 15 is 0 Å². The topological polar surface area (TPSA) is 72.9 Å². The summed E-state index contributed by atoms with van der Waals surface area (Å²) in [7, 11) is 1.63. The molecule has 0 bridgehead atoms. The summed E-state index contributed by atoms with van der Waals surface area (Å²) in [6, 6.07) is 11.0. The van der Waals surface area contributed by atoms with Gasteiger partial charge in [0, 0.05) is 19.6 Å². The Kier molecular flexibility index (Phi) is 6.27. The van der Waals surface area contributed by atoms with Crippen LogP contribution in [0.3, 0.4) is 0 Å². The van der Waals surface area contributed by atoms with Crippen molar-refractivity contribution in [2.24, 2.45) is 0 Å². The minimum atomic E-state index is -0.0531. The van der Waals surface area contributed by atoms with Crippen LogP contribution in [0.25, 0.3) is 0 Å². The second kappa shape index (κ2) is 9.05. The van der Waals surface area contributed by atoms with Gasteiger partial charge in [-0.15, -0.1) is 0 Å². The number of aromatic nitrogens is 1. The zero-order valence-corrected chi connectivity index (χ0v) is 14.8. The summed E-state index contributed by atoms with van der Waals surface area (Å²) in [4.78, 5) is 18.4. The van der Waals surface area contributed by atoms with Crippen molar-refractivity contribution in [2.75, 3.05) is 51.9 Å². The number of hydrogen-bond acceptors (Lipinski definition) is 6. The van der Waals surface area contributed by atoms with Crippen LogP contribution in [0.5, 0.6) is 11.5 Å². The van der Waals surface area contributed by atoms with E-state index in [1.54, 1.807) is 24.3 Å². The number of methoxy groups -OCH3 is 1. The molecular formula is C19H23N3O4. The summed E-state index contributed by atoms with van der Waals surface area (Å²) in [5, 5.41) is 3.23. The summed E-state index contributed by atoms with van der Waals surface area (Å²) >= 11 is 0. The average Bonchev–Trinajstić information content (AvgIpc) is 2.72. The lowest BCUT2D eigenvalue weighted by molar-refractivity contribution is 0.0299. The van der Waals surface area contributed by atoms with Crippen LogP contribution in [0.1, 0.15) is 10.5 Å². The number of carbonyl (C=O) groups excluding carboxylic acids is 1. The number of benzene rings is 1. The number of nitrogens with zero attached hydrogens (tertiary/aromatic N) is 2. The van der Waals surface area contributed by atoms with E-state index in [9.17, 15) is 4.79 Å². The van der Waals surface area contributed by atoms with E-state index in [4.69, 9.17) is 14.2 Å². The summed E-state index contributed by atoms with van der Waals surface area (Å²) in [6.07, 6.45) is 1.67. The molecule has 26 heavy (non-hydrogen) atoms. The van der Waals surface area contributed by atoms with Crippen LogP contribution in [-0.2, 0) is 4.74 Å². The minimum absolute atomic E-state index is 0.0531. The van der Waals surface area contributed by atoms with Crippen molar-refractivity contribution < 1.29 is 19.0 Å². The fourth-order valence-corrected chi connectivity index (χ4v) is 2.59. The Morgan fingerprint density at radius 3 is 2.54 bits per heavy atom. The lowest BCUT2D eigenvalue weighted by Gasteiger charge is -2.26.